The van der Waals surface area contributed by atoms with Crippen LogP contribution in [0.5, 0.6) is 0 Å². The Hall–Kier alpha value is -2.42. The summed E-state index contributed by atoms with van der Waals surface area (Å²) < 4.78 is 1.10. The van der Waals surface area contributed by atoms with Crippen molar-refractivity contribution < 1.29 is 24.6 Å². The molecule has 2 aromatic rings. The van der Waals surface area contributed by atoms with Gasteiger partial charge in [0.25, 0.3) is 5.91 Å². The fraction of sp³-hybridized carbons (Fsp3) is 0.250. The summed E-state index contributed by atoms with van der Waals surface area (Å²) in [5, 5.41) is 15.4. The number of nitrogens with zero attached hydrogens (tertiary/aromatic N) is 2. The lowest BCUT2D eigenvalue weighted by atomic mass is 10.1. The van der Waals surface area contributed by atoms with Crippen LogP contribution in [0.1, 0.15) is 15.9 Å². The average Bonchev–Trinajstić information content (AvgIpc) is 2.70. The molecule has 0 aromatic heterocycles. The molecule has 0 unspecified atom stereocenters. The maximum Gasteiger partial charge on any atom is 0.414 e. The van der Waals surface area contributed by atoms with E-state index in [1.165, 1.54) is 5.56 Å². The van der Waals surface area contributed by atoms with Crippen LogP contribution in [0.4, 0.5) is 0 Å². The first kappa shape index (κ1) is 22.9. The lowest BCUT2D eigenvalue weighted by molar-refractivity contribution is -0.159. The van der Waals surface area contributed by atoms with Crippen molar-refractivity contribution >= 4 is 45.4 Å². The van der Waals surface area contributed by atoms with E-state index in [9.17, 15) is 4.79 Å². The topological polar surface area (TPSA) is 98.1 Å². The summed E-state index contributed by atoms with van der Waals surface area (Å²) in [6, 6.07) is 15.6. The Morgan fingerprint density at radius 1 is 0.931 bits per heavy atom. The largest absolute Gasteiger partial charge is 0.473 e. The average molecular weight is 484 g/mol. The molecule has 1 heterocycles. The molecule has 2 N–H and O–H groups in total. The van der Waals surface area contributed by atoms with Gasteiger partial charge in [0.15, 0.2) is 0 Å². The van der Waals surface area contributed by atoms with Gasteiger partial charge in [0, 0.05) is 47.8 Å². The minimum absolute atomic E-state index is 0.0655. The Kier molecular flexibility index (Phi) is 8.63. The van der Waals surface area contributed by atoms with Crippen molar-refractivity contribution in [3.8, 4) is 0 Å². The number of carbonyl (C=O) groups excluding carboxylic acids is 1. The van der Waals surface area contributed by atoms with Crippen LogP contribution in [0, 0.1) is 0 Å². The Bertz CT molecular complexity index is 855. The minimum atomic E-state index is -1.82. The van der Waals surface area contributed by atoms with E-state index in [-0.39, 0.29) is 5.91 Å². The molecule has 1 saturated heterocycles. The van der Waals surface area contributed by atoms with Crippen LogP contribution in [-0.2, 0) is 16.1 Å². The van der Waals surface area contributed by atoms with Gasteiger partial charge in [0.1, 0.15) is 0 Å². The molecule has 1 fully saturated rings. The molecule has 29 heavy (non-hydrogen) atoms. The number of benzene rings is 2. The predicted molar refractivity (Wildman–Crippen MR) is 112 cm³/mol. The number of halogens is 2. The SMILES string of the molecule is O=C(O)C(=O)O.O=C(c1cccc(Cl)c1)N1CCN(Cc2ccc(Br)cc2)CC1. The van der Waals surface area contributed by atoms with E-state index in [2.05, 4.69) is 45.1 Å². The van der Waals surface area contributed by atoms with Gasteiger partial charge in [-0.3, -0.25) is 9.69 Å². The Morgan fingerprint density at radius 3 is 2.03 bits per heavy atom. The first-order valence-corrected chi connectivity index (χ1v) is 9.91. The van der Waals surface area contributed by atoms with E-state index in [1.807, 2.05) is 17.0 Å². The first-order chi connectivity index (χ1) is 13.8. The van der Waals surface area contributed by atoms with Gasteiger partial charge < -0.3 is 15.1 Å². The lowest BCUT2D eigenvalue weighted by Crippen LogP contribution is -2.48. The van der Waals surface area contributed by atoms with E-state index in [4.69, 9.17) is 31.4 Å². The van der Waals surface area contributed by atoms with Crippen molar-refractivity contribution in [2.45, 2.75) is 6.54 Å². The number of rotatable bonds is 3. The van der Waals surface area contributed by atoms with Crippen molar-refractivity contribution in [1.82, 2.24) is 9.80 Å². The fourth-order valence-electron chi connectivity index (χ4n) is 2.76. The van der Waals surface area contributed by atoms with Crippen LogP contribution in [0.2, 0.25) is 5.02 Å². The summed E-state index contributed by atoms with van der Waals surface area (Å²) in [7, 11) is 0. The van der Waals surface area contributed by atoms with Crippen LogP contribution in [0.25, 0.3) is 0 Å². The second kappa shape index (κ2) is 10.9. The number of hydrogen-bond donors (Lipinski definition) is 2. The van der Waals surface area contributed by atoms with Crippen molar-refractivity contribution in [1.29, 1.82) is 0 Å². The van der Waals surface area contributed by atoms with Crippen LogP contribution in [-0.4, -0.2) is 64.0 Å². The van der Waals surface area contributed by atoms with Crippen LogP contribution in [0.3, 0.4) is 0 Å². The number of amides is 1. The molecule has 7 nitrogen and oxygen atoms in total. The van der Waals surface area contributed by atoms with Crippen LogP contribution < -0.4 is 0 Å². The molecule has 1 aliphatic rings. The number of carboxylic acids is 2. The monoisotopic (exact) mass is 482 g/mol. The zero-order valence-corrected chi connectivity index (χ0v) is 17.8. The highest BCUT2D eigenvalue weighted by molar-refractivity contribution is 9.10. The summed E-state index contributed by atoms with van der Waals surface area (Å²) in [5.41, 5.74) is 1.96. The summed E-state index contributed by atoms with van der Waals surface area (Å²) >= 11 is 9.42. The maximum absolute atomic E-state index is 12.5. The van der Waals surface area contributed by atoms with Gasteiger partial charge in [-0.15, -0.1) is 0 Å². The molecule has 3 rings (SSSR count). The number of hydrogen-bond acceptors (Lipinski definition) is 4. The molecule has 1 amide bonds. The summed E-state index contributed by atoms with van der Waals surface area (Å²) in [6.45, 7) is 4.21. The van der Waals surface area contributed by atoms with Gasteiger partial charge in [0.05, 0.1) is 0 Å². The maximum atomic E-state index is 12.5. The fourth-order valence-corrected chi connectivity index (χ4v) is 3.22. The van der Waals surface area contributed by atoms with Crippen LogP contribution in [0.15, 0.2) is 53.0 Å². The molecular weight excluding hydrogens is 464 g/mol. The first-order valence-electron chi connectivity index (χ1n) is 8.74. The van der Waals surface area contributed by atoms with Gasteiger partial charge >= 0.3 is 11.9 Å². The van der Waals surface area contributed by atoms with E-state index in [0.29, 0.717) is 10.6 Å². The number of carboxylic acid groups (broad SMARTS) is 2. The van der Waals surface area contributed by atoms with Gasteiger partial charge in [0.2, 0.25) is 0 Å². The molecule has 0 radical (unpaired) electrons. The zero-order valence-electron chi connectivity index (χ0n) is 15.4. The Balaban J connectivity index is 0.000000438. The third kappa shape index (κ3) is 7.49. The molecule has 154 valence electrons. The molecule has 0 spiro atoms. The molecule has 0 bridgehead atoms. The standard InChI is InChI=1S/C18H18BrClN2O.C2H2O4/c19-16-6-4-14(5-7-16)13-21-8-10-22(11-9-21)18(23)15-2-1-3-17(20)12-15;3-1(4)2(5)6/h1-7,12H,8-11,13H2;(H,3,4)(H,5,6). The minimum Gasteiger partial charge on any atom is -0.473 e. The van der Waals surface area contributed by atoms with Gasteiger partial charge in [-0.1, -0.05) is 45.7 Å². The van der Waals surface area contributed by atoms with Crippen molar-refractivity contribution in [3.63, 3.8) is 0 Å². The van der Waals surface area contributed by atoms with E-state index in [1.54, 1.807) is 12.1 Å². The lowest BCUT2D eigenvalue weighted by Gasteiger charge is -2.34. The number of piperazine rings is 1. The van der Waals surface area contributed by atoms with Gasteiger partial charge in [-0.2, -0.15) is 0 Å². The van der Waals surface area contributed by atoms with E-state index < -0.39 is 11.9 Å². The third-order valence-electron chi connectivity index (χ3n) is 4.23. The quantitative estimate of drug-likeness (QED) is 0.651. The Morgan fingerprint density at radius 2 is 1.52 bits per heavy atom. The van der Waals surface area contributed by atoms with Gasteiger partial charge in [-0.05, 0) is 35.9 Å². The van der Waals surface area contributed by atoms with Crippen molar-refractivity contribution in [2.24, 2.45) is 0 Å². The summed E-state index contributed by atoms with van der Waals surface area (Å²) in [4.78, 5) is 35.0. The number of aliphatic carboxylic acids is 2. The molecule has 2 aromatic carbocycles. The van der Waals surface area contributed by atoms with Crippen molar-refractivity contribution in [3.05, 3.63) is 69.2 Å². The molecule has 9 heteroatoms. The van der Waals surface area contributed by atoms with E-state index in [0.717, 1.165) is 37.2 Å². The Labute approximate surface area is 181 Å². The highest BCUT2D eigenvalue weighted by Crippen LogP contribution is 2.16. The predicted octanol–water partition coefficient (Wildman–Crippen LogP) is 3.22. The second-order valence-electron chi connectivity index (χ2n) is 6.32. The molecule has 1 aliphatic heterocycles. The van der Waals surface area contributed by atoms with E-state index >= 15 is 0 Å². The third-order valence-corrected chi connectivity index (χ3v) is 5.00. The molecule has 0 aliphatic carbocycles. The summed E-state index contributed by atoms with van der Waals surface area (Å²) in [6.07, 6.45) is 0. The molecular formula is C20H20BrClN2O5. The second-order valence-corrected chi connectivity index (χ2v) is 7.67. The van der Waals surface area contributed by atoms with Gasteiger partial charge in [-0.25, -0.2) is 9.59 Å². The highest BCUT2D eigenvalue weighted by atomic mass is 79.9. The normalized spacial score (nSPS) is 13.9. The molecule has 0 saturated carbocycles. The van der Waals surface area contributed by atoms with Crippen molar-refractivity contribution in [2.75, 3.05) is 26.2 Å². The van der Waals surface area contributed by atoms with Crippen LogP contribution >= 0.6 is 27.5 Å². The smallest absolute Gasteiger partial charge is 0.414 e. The number of carbonyl (C=O) groups is 3. The highest BCUT2D eigenvalue weighted by Gasteiger charge is 2.22. The summed E-state index contributed by atoms with van der Waals surface area (Å²) in [5.74, 6) is -3.58. The zero-order chi connectivity index (χ0) is 21.4. The molecule has 0 atom stereocenters.